The standard InChI is InChI=1S/C25H30N2O4/c1-28-21-12-5-9-18(24(21)30-3)17-27-16-8-15-26-14-7-11-20(26)23(27)19-10-6-13-22(29-2)25(19)31-4/h5-7,9-14,23H,8,15-17H2,1-4H3/t23-/m0/s1. The lowest BCUT2D eigenvalue weighted by atomic mass is 9.99. The van der Waals surface area contributed by atoms with Crippen LogP contribution in [0.2, 0.25) is 0 Å². The van der Waals surface area contributed by atoms with Gasteiger partial charge in [0, 0.05) is 42.7 Å². The maximum Gasteiger partial charge on any atom is 0.165 e. The highest BCUT2D eigenvalue weighted by molar-refractivity contribution is 5.51. The zero-order valence-electron chi connectivity index (χ0n) is 18.6. The minimum atomic E-state index is 0.0125. The van der Waals surface area contributed by atoms with Crippen LogP contribution in [0.3, 0.4) is 0 Å². The summed E-state index contributed by atoms with van der Waals surface area (Å²) in [6, 6.07) is 16.5. The van der Waals surface area contributed by atoms with Crippen LogP contribution >= 0.6 is 0 Å². The summed E-state index contributed by atoms with van der Waals surface area (Å²) < 4.78 is 25.0. The van der Waals surface area contributed by atoms with Gasteiger partial charge < -0.3 is 23.5 Å². The van der Waals surface area contributed by atoms with Crippen LogP contribution in [0.1, 0.15) is 29.3 Å². The van der Waals surface area contributed by atoms with E-state index >= 15 is 0 Å². The van der Waals surface area contributed by atoms with Crippen LogP contribution in [-0.2, 0) is 13.1 Å². The van der Waals surface area contributed by atoms with Gasteiger partial charge in [0.2, 0.25) is 0 Å². The lowest BCUT2D eigenvalue weighted by Crippen LogP contribution is -2.30. The van der Waals surface area contributed by atoms with Gasteiger partial charge in [0.1, 0.15) is 0 Å². The Balaban J connectivity index is 1.83. The molecule has 0 aliphatic carbocycles. The number of ether oxygens (including phenoxy) is 4. The van der Waals surface area contributed by atoms with Crippen LogP contribution in [0.15, 0.2) is 54.7 Å². The lowest BCUT2D eigenvalue weighted by Gasteiger charge is -2.32. The van der Waals surface area contributed by atoms with Crippen molar-refractivity contribution in [1.29, 1.82) is 0 Å². The van der Waals surface area contributed by atoms with Gasteiger partial charge in [-0.05, 0) is 30.7 Å². The quantitative estimate of drug-likeness (QED) is 0.560. The van der Waals surface area contributed by atoms with Gasteiger partial charge in [-0.3, -0.25) is 4.90 Å². The molecule has 0 fully saturated rings. The summed E-state index contributed by atoms with van der Waals surface area (Å²) in [5.74, 6) is 3.03. The molecule has 6 heteroatoms. The van der Waals surface area contributed by atoms with Crippen molar-refractivity contribution in [2.45, 2.75) is 25.6 Å². The maximum absolute atomic E-state index is 5.83. The minimum absolute atomic E-state index is 0.0125. The number of nitrogens with zero attached hydrogens (tertiary/aromatic N) is 2. The Hall–Kier alpha value is -3.12. The third-order valence-electron chi connectivity index (χ3n) is 5.94. The van der Waals surface area contributed by atoms with Gasteiger partial charge in [-0.1, -0.05) is 24.3 Å². The number of para-hydroxylation sites is 2. The number of rotatable bonds is 7. The molecule has 6 nitrogen and oxygen atoms in total. The predicted molar refractivity (Wildman–Crippen MR) is 120 cm³/mol. The molecule has 1 aromatic heterocycles. The first-order valence-corrected chi connectivity index (χ1v) is 10.5. The number of methoxy groups -OCH3 is 4. The van der Waals surface area contributed by atoms with Crippen molar-refractivity contribution in [2.24, 2.45) is 0 Å². The minimum Gasteiger partial charge on any atom is -0.493 e. The zero-order chi connectivity index (χ0) is 21.8. The molecule has 164 valence electrons. The Morgan fingerprint density at radius 1 is 0.774 bits per heavy atom. The van der Waals surface area contributed by atoms with E-state index in [4.69, 9.17) is 18.9 Å². The topological polar surface area (TPSA) is 45.1 Å². The van der Waals surface area contributed by atoms with E-state index in [1.54, 1.807) is 28.4 Å². The van der Waals surface area contributed by atoms with Crippen molar-refractivity contribution >= 4 is 0 Å². The van der Waals surface area contributed by atoms with Crippen LogP contribution in [0.25, 0.3) is 0 Å². The number of fused-ring (bicyclic) bond motifs is 1. The van der Waals surface area contributed by atoms with Crippen molar-refractivity contribution in [3.63, 3.8) is 0 Å². The Labute approximate surface area is 183 Å². The lowest BCUT2D eigenvalue weighted by molar-refractivity contribution is 0.211. The van der Waals surface area contributed by atoms with Crippen LogP contribution in [0.5, 0.6) is 23.0 Å². The Morgan fingerprint density at radius 3 is 2.19 bits per heavy atom. The van der Waals surface area contributed by atoms with Crippen LogP contribution in [-0.4, -0.2) is 44.5 Å². The van der Waals surface area contributed by atoms with Gasteiger partial charge in [0.05, 0.1) is 34.5 Å². The Morgan fingerprint density at radius 2 is 1.48 bits per heavy atom. The third-order valence-corrected chi connectivity index (χ3v) is 5.94. The fourth-order valence-corrected chi connectivity index (χ4v) is 4.59. The first-order valence-electron chi connectivity index (χ1n) is 10.5. The number of hydrogen-bond donors (Lipinski definition) is 0. The van der Waals surface area contributed by atoms with E-state index in [0.717, 1.165) is 60.2 Å². The molecule has 0 amide bonds. The molecule has 0 N–H and O–H groups in total. The third kappa shape index (κ3) is 3.95. The molecule has 1 aliphatic rings. The van der Waals surface area contributed by atoms with E-state index in [1.165, 1.54) is 5.69 Å². The summed E-state index contributed by atoms with van der Waals surface area (Å²) in [4.78, 5) is 2.48. The molecule has 2 aromatic carbocycles. The molecule has 3 aromatic rings. The van der Waals surface area contributed by atoms with Gasteiger partial charge >= 0.3 is 0 Å². The largest absolute Gasteiger partial charge is 0.493 e. The van der Waals surface area contributed by atoms with E-state index in [1.807, 2.05) is 24.3 Å². The van der Waals surface area contributed by atoms with Crippen molar-refractivity contribution < 1.29 is 18.9 Å². The van der Waals surface area contributed by atoms with Crippen LogP contribution in [0, 0.1) is 0 Å². The van der Waals surface area contributed by atoms with Crippen molar-refractivity contribution in [3.8, 4) is 23.0 Å². The van der Waals surface area contributed by atoms with E-state index in [-0.39, 0.29) is 6.04 Å². The van der Waals surface area contributed by atoms with Crippen molar-refractivity contribution in [1.82, 2.24) is 9.47 Å². The summed E-state index contributed by atoms with van der Waals surface area (Å²) in [7, 11) is 6.74. The average Bonchev–Trinajstić information content (AvgIpc) is 3.19. The second kappa shape index (κ2) is 9.35. The summed E-state index contributed by atoms with van der Waals surface area (Å²) in [6.45, 7) is 2.64. The number of aryl methyl sites for hydroxylation is 1. The van der Waals surface area contributed by atoms with Gasteiger partial charge in [-0.2, -0.15) is 0 Å². The summed E-state index contributed by atoms with van der Waals surface area (Å²) in [5.41, 5.74) is 3.42. The fraction of sp³-hybridized carbons (Fsp3) is 0.360. The monoisotopic (exact) mass is 422 g/mol. The second-order valence-corrected chi connectivity index (χ2v) is 7.59. The van der Waals surface area contributed by atoms with Gasteiger partial charge in [0.25, 0.3) is 0 Å². The molecule has 31 heavy (non-hydrogen) atoms. The molecule has 0 saturated heterocycles. The first kappa shape index (κ1) is 21.1. The molecule has 0 radical (unpaired) electrons. The molecule has 1 atom stereocenters. The highest BCUT2D eigenvalue weighted by Gasteiger charge is 2.31. The molecule has 0 unspecified atom stereocenters. The van der Waals surface area contributed by atoms with E-state index in [0.29, 0.717) is 0 Å². The molecular formula is C25H30N2O4. The molecule has 1 aliphatic heterocycles. The van der Waals surface area contributed by atoms with Gasteiger partial charge in [-0.25, -0.2) is 0 Å². The summed E-state index contributed by atoms with van der Waals surface area (Å²) in [5, 5.41) is 0. The number of benzene rings is 2. The average molecular weight is 423 g/mol. The van der Waals surface area contributed by atoms with Crippen LogP contribution < -0.4 is 18.9 Å². The molecule has 0 bridgehead atoms. The summed E-state index contributed by atoms with van der Waals surface area (Å²) >= 11 is 0. The van der Waals surface area contributed by atoms with Gasteiger partial charge in [0.15, 0.2) is 23.0 Å². The molecule has 4 rings (SSSR count). The van der Waals surface area contributed by atoms with E-state index in [2.05, 4.69) is 39.9 Å². The number of hydrogen-bond acceptors (Lipinski definition) is 5. The Bertz CT molecular complexity index is 1030. The van der Waals surface area contributed by atoms with Crippen molar-refractivity contribution in [3.05, 3.63) is 71.5 Å². The zero-order valence-corrected chi connectivity index (χ0v) is 18.6. The molecular weight excluding hydrogens is 392 g/mol. The Kier molecular flexibility index (Phi) is 6.37. The summed E-state index contributed by atoms with van der Waals surface area (Å²) in [6.07, 6.45) is 3.21. The van der Waals surface area contributed by atoms with Crippen molar-refractivity contribution in [2.75, 3.05) is 35.0 Å². The first-order chi connectivity index (χ1) is 15.2. The highest BCUT2D eigenvalue weighted by Crippen LogP contribution is 2.42. The van der Waals surface area contributed by atoms with E-state index < -0.39 is 0 Å². The SMILES string of the molecule is COc1cccc(CN2CCCn3cccc3[C@@H]2c2cccc(OC)c2OC)c1OC. The predicted octanol–water partition coefficient (Wildman–Crippen LogP) is 4.52. The molecule has 0 saturated carbocycles. The highest BCUT2D eigenvalue weighted by atomic mass is 16.5. The number of aromatic nitrogens is 1. The second-order valence-electron chi connectivity index (χ2n) is 7.59. The maximum atomic E-state index is 5.83. The fourth-order valence-electron chi connectivity index (χ4n) is 4.59. The smallest absolute Gasteiger partial charge is 0.165 e. The van der Waals surface area contributed by atoms with Gasteiger partial charge in [-0.15, -0.1) is 0 Å². The molecule has 0 spiro atoms. The normalized spacial score (nSPS) is 16.3. The molecule has 2 heterocycles. The van der Waals surface area contributed by atoms with Crippen LogP contribution in [0.4, 0.5) is 0 Å². The van der Waals surface area contributed by atoms with E-state index in [9.17, 15) is 0 Å².